The summed E-state index contributed by atoms with van der Waals surface area (Å²) >= 11 is 0. The predicted octanol–water partition coefficient (Wildman–Crippen LogP) is 5.91. The van der Waals surface area contributed by atoms with E-state index in [1.165, 1.54) is 25.7 Å². The van der Waals surface area contributed by atoms with E-state index >= 15 is 0 Å². The van der Waals surface area contributed by atoms with Crippen LogP contribution in [0.1, 0.15) is 81.1 Å². The maximum Gasteiger partial charge on any atom is -0.0280 e. The van der Waals surface area contributed by atoms with Gasteiger partial charge in [0.15, 0.2) is 0 Å². The molecule has 0 heterocycles. The fraction of sp³-hybridized carbons (Fsp3) is 1.00. The molecule has 0 N–H and O–H groups in total. The second-order valence-electron chi connectivity index (χ2n) is 7.17. The highest BCUT2D eigenvalue weighted by Gasteiger charge is 2.38. The first-order chi connectivity index (χ1) is 7.15. The summed E-state index contributed by atoms with van der Waals surface area (Å²) in [5, 5.41) is 0. The Morgan fingerprint density at radius 3 is 1.81 bits per heavy atom. The second-order valence-corrected chi connectivity index (χ2v) is 7.17. The van der Waals surface area contributed by atoms with E-state index in [4.69, 9.17) is 0 Å². The predicted molar refractivity (Wildman–Crippen MR) is 75.7 cm³/mol. The minimum absolute atomic E-state index is 0.433. The number of rotatable bonds is 7. The van der Waals surface area contributed by atoms with Crippen LogP contribution >= 0.6 is 0 Å². The van der Waals surface area contributed by atoms with Crippen LogP contribution in [-0.4, -0.2) is 0 Å². The van der Waals surface area contributed by atoms with Crippen LogP contribution < -0.4 is 0 Å². The van der Waals surface area contributed by atoms with Crippen molar-refractivity contribution in [2.45, 2.75) is 81.1 Å². The van der Waals surface area contributed by atoms with Gasteiger partial charge in [0, 0.05) is 0 Å². The maximum atomic E-state index is 2.45. The van der Waals surface area contributed by atoms with Gasteiger partial charge in [0.1, 0.15) is 0 Å². The van der Waals surface area contributed by atoms with Gasteiger partial charge in [0.2, 0.25) is 0 Å². The Bertz CT molecular complexity index is 186. The van der Waals surface area contributed by atoms with Crippen LogP contribution in [0.15, 0.2) is 0 Å². The average Bonchev–Trinajstić information content (AvgIpc) is 2.16. The zero-order valence-corrected chi connectivity index (χ0v) is 13.0. The van der Waals surface area contributed by atoms with Gasteiger partial charge in [-0.25, -0.2) is 0 Å². The highest BCUT2D eigenvalue weighted by Crippen LogP contribution is 2.47. The summed E-state index contributed by atoms with van der Waals surface area (Å²) < 4.78 is 0. The number of hydrogen-bond acceptors (Lipinski definition) is 0. The van der Waals surface area contributed by atoms with E-state index in [1.54, 1.807) is 0 Å². The highest BCUT2D eigenvalue weighted by molar-refractivity contribution is 4.88. The molecule has 0 aliphatic rings. The van der Waals surface area contributed by atoms with Crippen LogP contribution in [0.25, 0.3) is 0 Å². The molecule has 0 fully saturated rings. The molecule has 98 valence electrons. The van der Waals surface area contributed by atoms with Gasteiger partial charge in [-0.05, 0) is 29.1 Å². The fourth-order valence-electron chi connectivity index (χ4n) is 2.20. The lowest BCUT2D eigenvalue weighted by atomic mass is 9.60. The summed E-state index contributed by atoms with van der Waals surface area (Å²) in [6.07, 6.45) is 5.47. The zero-order valence-electron chi connectivity index (χ0n) is 13.0. The fourth-order valence-corrected chi connectivity index (χ4v) is 2.20. The van der Waals surface area contributed by atoms with Crippen molar-refractivity contribution < 1.29 is 0 Å². The largest absolute Gasteiger partial charge is 0.0651 e. The summed E-state index contributed by atoms with van der Waals surface area (Å²) in [7, 11) is 0. The van der Waals surface area contributed by atoms with Gasteiger partial charge in [-0.2, -0.15) is 0 Å². The molecule has 1 unspecified atom stereocenters. The molecule has 0 aliphatic carbocycles. The van der Waals surface area contributed by atoms with Crippen molar-refractivity contribution in [3.8, 4) is 0 Å². The molecule has 0 bridgehead atoms. The van der Waals surface area contributed by atoms with E-state index in [1.807, 2.05) is 0 Å². The maximum absolute atomic E-state index is 2.45. The van der Waals surface area contributed by atoms with Crippen LogP contribution in [0.4, 0.5) is 0 Å². The molecule has 0 spiro atoms. The normalized spacial score (nSPS) is 15.6. The lowest BCUT2D eigenvalue weighted by Gasteiger charge is -2.45. The van der Waals surface area contributed by atoms with Crippen LogP contribution in [-0.2, 0) is 0 Å². The molecule has 0 saturated carbocycles. The van der Waals surface area contributed by atoms with Crippen LogP contribution in [0.2, 0.25) is 0 Å². The molecule has 0 amide bonds. The van der Waals surface area contributed by atoms with Gasteiger partial charge in [0.05, 0.1) is 0 Å². The van der Waals surface area contributed by atoms with E-state index in [0.29, 0.717) is 10.8 Å². The van der Waals surface area contributed by atoms with Crippen LogP contribution in [0.5, 0.6) is 0 Å². The van der Waals surface area contributed by atoms with E-state index in [9.17, 15) is 0 Å². The minimum Gasteiger partial charge on any atom is -0.0651 e. The first-order valence-electron chi connectivity index (χ1n) is 7.15. The van der Waals surface area contributed by atoms with Crippen molar-refractivity contribution in [2.24, 2.45) is 22.7 Å². The Morgan fingerprint density at radius 1 is 0.938 bits per heavy atom. The van der Waals surface area contributed by atoms with Crippen molar-refractivity contribution >= 4 is 0 Å². The summed E-state index contributed by atoms with van der Waals surface area (Å²) in [5.41, 5.74) is 0.886. The summed E-state index contributed by atoms with van der Waals surface area (Å²) in [6.45, 7) is 19.1. The van der Waals surface area contributed by atoms with E-state index in [0.717, 1.165) is 11.8 Å². The third-order valence-corrected chi connectivity index (χ3v) is 5.38. The molecule has 16 heavy (non-hydrogen) atoms. The molecule has 0 radical (unpaired) electrons. The summed E-state index contributed by atoms with van der Waals surface area (Å²) in [4.78, 5) is 0. The highest BCUT2D eigenvalue weighted by atomic mass is 14.4. The van der Waals surface area contributed by atoms with Crippen molar-refractivity contribution in [1.29, 1.82) is 0 Å². The topological polar surface area (TPSA) is 0 Å². The van der Waals surface area contributed by atoms with E-state index in [-0.39, 0.29) is 0 Å². The number of hydrogen-bond donors (Lipinski definition) is 0. The quantitative estimate of drug-likeness (QED) is 0.506. The molecule has 0 aromatic carbocycles. The van der Waals surface area contributed by atoms with E-state index in [2.05, 4.69) is 55.4 Å². The molecule has 0 saturated heterocycles. The lowest BCUT2D eigenvalue weighted by Crippen LogP contribution is -2.37. The van der Waals surface area contributed by atoms with Crippen LogP contribution in [0.3, 0.4) is 0 Å². The average molecular weight is 226 g/mol. The smallest absolute Gasteiger partial charge is 0.0280 e. The first kappa shape index (κ1) is 16.0. The van der Waals surface area contributed by atoms with Crippen molar-refractivity contribution in [1.82, 2.24) is 0 Å². The molecule has 0 aromatic heterocycles. The molecule has 0 aromatic rings. The van der Waals surface area contributed by atoms with E-state index < -0.39 is 0 Å². The zero-order chi connectivity index (χ0) is 13.0. The molecule has 1 atom stereocenters. The van der Waals surface area contributed by atoms with Gasteiger partial charge in [-0.3, -0.25) is 0 Å². The summed E-state index contributed by atoms with van der Waals surface area (Å²) in [5.74, 6) is 1.66. The monoisotopic (exact) mass is 226 g/mol. The van der Waals surface area contributed by atoms with Gasteiger partial charge in [0.25, 0.3) is 0 Å². The van der Waals surface area contributed by atoms with Crippen molar-refractivity contribution in [3.05, 3.63) is 0 Å². The standard InChI is InChI=1S/C16H34/c1-9-14(4)11-10-12-15(5,6)16(7,8)13(2)3/h13-14H,9-12H2,1-8H3. The first-order valence-corrected chi connectivity index (χ1v) is 7.15. The Kier molecular flexibility index (Phi) is 6.07. The van der Waals surface area contributed by atoms with Crippen molar-refractivity contribution in [2.75, 3.05) is 0 Å². The van der Waals surface area contributed by atoms with Crippen LogP contribution in [0, 0.1) is 22.7 Å². The molecular formula is C16H34. The Labute approximate surface area is 104 Å². The molecule has 0 heteroatoms. The molecule has 0 rings (SSSR count). The molecular weight excluding hydrogens is 192 g/mol. The minimum atomic E-state index is 0.433. The third kappa shape index (κ3) is 4.11. The van der Waals surface area contributed by atoms with Crippen molar-refractivity contribution in [3.63, 3.8) is 0 Å². The Balaban J connectivity index is 4.24. The molecule has 0 nitrogen and oxygen atoms in total. The van der Waals surface area contributed by atoms with Gasteiger partial charge in [-0.15, -0.1) is 0 Å². The van der Waals surface area contributed by atoms with Gasteiger partial charge in [-0.1, -0.05) is 74.7 Å². The Morgan fingerprint density at radius 2 is 1.44 bits per heavy atom. The SMILES string of the molecule is CCC(C)CCCC(C)(C)C(C)(C)C(C)C. The van der Waals surface area contributed by atoms with Gasteiger partial charge < -0.3 is 0 Å². The second kappa shape index (κ2) is 6.07. The summed E-state index contributed by atoms with van der Waals surface area (Å²) in [6, 6.07) is 0. The third-order valence-electron chi connectivity index (χ3n) is 5.38. The van der Waals surface area contributed by atoms with Gasteiger partial charge >= 0.3 is 0 Å². The Hall–Kier alpha value is 0. The lowest BCUT2D eigenvalue weighted by molar-refractivity contribution is 0.0443. The molecule has 0 aliphatic heterocycles.